The number of aryl methyl sites for hydroxylation is 1. The van der Waals surface area contributed by atoms with Crippen molar-refractivity contribution < 1.29 is 18.0 Å². The second-order valence-corrected chi connectivity index (χ2v) is 9.60. The number of benzene rings is 1. The number of amides is 2. The third kappa shape index (κ3) is 4.87. The molecule has 2 fully saturated rings. The van der Waals surface area contributed by atoms with Crippen molar-refractivity contribution in [1.29, 1.82) is 0 Å². The summed E-state index contributed by atoms with van der Waals surface area (Å²) in [7, 11) is -3.19. The van der Waals surface area contributed by atoms with Crippen molar-refractivity contribution in [2.45, 2.75) is 36.6 Å². The maximum atomic E-state index is 12.3. The van der Waals surface area contributed by atoms with E-state index in [9.17, 15) is 18.0 Å². The SMILES string of the molecule is CS(=O)(=O)c1ccc(CCC(=O)N2CC(N3CCC(C(N)=O)CC3)C2)cc1. The van der Waals surface area contributed by atoms with E-state index in [4.69, 9.17) is 5.73 Å². The van der Waals surface area contributed by atoms with E-state index in [1.165, 1.54) is 6.26 Å². The second-order valence-electron chi connectivity index (χ2n) is 7.58. The van der Waals surface area contributed by atoms with Gasteiger partial charge in [0.25, 0.3) is 0 Å². The standard InChI is InChI=1S/C19H27N3O4S/c1-27(25,26)17-5-2-14(3-6-17)4-7-18(23)22-12-16(13-22)21-10-8-15(9-11-21)19(20)24/h2-3,5-6,15-16H,4,7-13H2,1H3,(H2,20,24). The zero-order chi connectivity index (χ0) is 19.6. The van der Waals surface area contributed by atoms with Crippen LogP contribution < -0.4 is 5.73 Å². The Kier molecular flexibility index (Phi) is 5.86. The Labute approximate surface area is 160 Å². The zero-order valence-corrected chi connectivity index (χ0v) is 16.5. The Bertz CT molecular complexity index is 793. The van der Waals surface area contributed by atoms with Crippen molar-refractivity contribution in [2.24, 2.45) is 11.7 Å². The molecule has 1 aromatic carbocycles. The fourth-order valence-electron chi connectivity index (χ4n) is 3.75. The van der Waals surface area contributed by atoms with Gasteiger partial charge >= 0.3 is 0 Å². The van der Waals surface area contributed by atoms with Crippen LogP contribution in [0.5, 0.6) is 0 Å². The van der Waals surface area contributed by atoms with E-state index in [0.717, 1.165) is 44.6 Å². The number of carbonyl (C=O) groups excluding carboxylic acids is 2. The molecule has 0 atom stereocenters. The molecule has 0 saturated carbocycles. The fourth-order valence-corrected chi connectivity index (χ4v) is 4.38. The van der Waals surface area contributed by atoms with Crippen molar-refractivity contribution in [3.05, 3.63) is 29.8 Å². The third-order valence-electron chi connectivity index (χ3n) is 5.64. The minimum absolute atomic E-state index is 0.00635. The lowest BCUT2D eigenvalue weighted by Crippen LogP contribution is -2.62. The Morgan fingerprint density at radius 2 is 1.70 bits per heavy atom. The maximum absolute atomic E-state index is 12.3. The largest absolute Gasteiger partial charge is 0.369 e. The predicted molar refractivity (Wildman–Crippen MR) is 102 cm³/mol. The number of hydrogen-bond donors (Lipinski definition) is 1. The van der Waals surface area contributed by atoms with Crippen LogP contribution >= 0.6 is 0 Å². The van der Waals surface area contributed by atoms with E-state index in [1.807, 2.05) is 4.90 Å². The molecule has 7 nitrogen and oxygen atoms in total. The van der Waals surface area contributed by atoms with Gasteiger partial charge in [-0.2, -0.15) is 0 Å². The molecule has 0 aliphatic carbocycles. The number of carbonyl (C=O) groups is 2. The highest BCUT2D eigenvalue weighted by Gasteiger charge is 2.36. The van der Waals surface area contributed by atoms with Crippen molar-refractivity contribution in [1.82, 2.24) is 9.80 Å². The molecule has 8 heteroatoms. The highest BCUT2D eigenvalue weighted by Crippen LogP contribution is 2.24. The van der Waals surface area contributed by atoms with E-state index in [-0.39, 0.29) is 17.7 Å². The zero-order valence-electron chi connectivity index (χ0n) is 15.6. The van der Waals surface area contributed by atoms with Crippen LogP contribution in [0.3, 0.4) is 0 Å². The van der Waals surface area contributed by atoms with Crippen molar-refractivity contribution >= 4 is 21.7 Å². The Balaban J connectivity index is 1.40. The van der Waals surface area contributed by atoms with Crippen molar-refractivity contribution in [2.75, 3.05) is 32.4 Å². The van der Waals surface area contributed by atoms with Gasteiger partial charge in [-0.25, -0.2) is 8.42 Å². The molecular formula is C19H27N3O4S. The number of sulfone groups is 1. The third-order valence-corrected chi connectivity index (χ3v) is 6.77. The van der Waals surface area contributed by atoms with Gasteiger partial charge < -0.3 is 10.6 Å². The van der Waals surface area contributed by atoms with Gasteiger partial charge in [0.15, 0.2) is 9.84 Å². The molecule has 0 unspecified atom stereocenters. The van der Waals surface area contributed by atoms with Gasteiger partial charge in [-0.1, -0.05) is 12.1 Å². The minimum atomic E-state index is -3.19. The molecule has 0 spiro atoms. The highest BCUT2D eigenvalue weighted by molar-refractivity contribution is 7.90. The van der Waals surface area contributed by atoms with Gasteiger partial charge in [0.2, 0.25) is 11.8 Å². The molecule has 2 aliphatic heterocycles. The quantitative estimate of drug-likeness (QED) is 0.755. The van der Waals surface area contributed by atoms with Crippen LogP contribution in [0.25, 0.3) is 0 Å². The molecule has 2 heterocycles. The normalized spacial score (nSPS) is 19.7. The average Bonchev–Trinajstić information content (AvgIpc) is 2.59. The average molecular weight is 394 g/mol. The smallest absolute Gasteiger partial charge is 0.223 e. The summed E-state index contributed by atoms with van der Waals surface area (Å²) in [6, 6.07) is 7.10. The first-order valence-electron chi connectivity index (χ1n) is 9.34. The van der Waals surface area contributed by atoms with Gasteiger partial charge in [-0.15, -0.1) is 0 Å². The molecule has 2 amide bonds. The molecule has 27 heavy (non-hydrogen) atoms. The first-order valence-corrected chi connectivity index (χ1v) is 11.2. The van der Waals surface area contributed by atoms with Crippen molar-refractivity contribution in [3.63, 3.8) is 0 Å². The van der Waals surface area contributed by atoms with Crippen LogP contribution in [0.1, 0.15) is 24.8 Å². The van der Waals surface area contributed by atoms with Crippen LogP contribution in [0, 0.1) is 5.92 Å². The summed E-state index contributed by atoms with van der Waals surface area (Å²) in [5.74, 6) is -0.0803. The Hall–Kier alpha value is -1.93. The second kappa shape index (κ2) is 7.98. The lowest BCUT2D eigenvalue weighted by Gasteiger charge is -2.47. The summed E-state index contributed by atoms with van der Waals surface area (Å²) < 4.78 is 22.9. The van der Waals surface area contributed by atoms with Crippen LogP contribution in [-0.4, -0.2) is 68.5 Å². The molecule has 0 bridgehead atoms. The van der Waals surface area contributed by atoms with Gasteiger partial charge in [0.1, 0.15) is 0 Å². The number of nitrogens with zero attached hydrogens (tertiary/aromatic N) is 2. The lowest BCUT2D eigenvalue weighted by molar-refractivity contribution is -0.139. The number of primary amides is 1. The molecule has 3 rings (SSSR count). The molecule has 148 valence electrons. The summed E-state index contributed by atoms with van der Waals surface area (Å²) in [5, 5.41) is 0. The summed E-state index contributed by atoms with van der Waals surface area (Å²) >= 11 is 0. The molecule has 1 aromatic rings. The fraction of sp³-hybridized carbons (Fsp3) is 0.579. The highest BCUT2D eigenvalue weighted by atomic mass is 32.2. The summed E-state index contributed by atoms with van der Waals surface area (Å²) in [6.45, 7) is 3.22. The number of piperidine rings is 1. The molecule has 2 aliphatic rings. The maximum Gasteiger partial charge on any atom is 0.223 e. The van der Waals surface area contributed by atoms with Gasteiger partial charge in [0, 0.05) is 37.7 Å². The van der Waals surface area contributed by atoms with Crippen LogP contribution in [-0.2, 0) is 25.8 Å². The van der Waals surface area contributed by atoms with E-state index in [1.54, 1.807) is 24.3 Å². The van der Waals surface area contributed by atoms with Gasteiger partial charge in [-0.3, -0.25) is 14.5 Å². The van der Waals surface area contributed by atoms with E-state index < -0.39 is 9.84 Å². The summed E-state index contributed by atoms with van der Waals surface area (Å²) in [4.78, 5) is 28.1. The molecule has 0 radical (unpaired) electrons. The van der Waals surface area contributed by atoms with Crippen molar-refractivity contribution in [3.8, 4) is 0 Å². The minimum Gasteiger partial charge on any atom is -0.369 e. The molecule has 2 saturated heterocycles. The van der Waals surface area contributed by atoms with Crippen LogP contribution in [0.2, 0.25) is 0 Å². The monoisotopic (exact) mass is 393 g/mol. The Morgan fingerprint density at radius 3 is 2.22 bits per heavy atom. The Morgan fingerprint density at radius 1 is 1.11 bits per heavy atom. The number of hydrogen-bond acceptors (Lipinski definition) is 5. The first kappa shape index (κ1) is 19.8. The van der Waals surface area contributed by atoms with E-state index in [0.29, 0.717) is 23.8 Å². The van der Waals surface area contributed by atoms with Gasteiger partial charge in [0.05, 0.1) is 4.90 Å². The van der Waals surface area contributed by atoms with E-state index in [2.05, 4.69) is 4.90 Å². The lowest BCUT2D eigenvalue weighted by atomic mass is 9.93. The number of rotatable bonds is 6. The molecular weight excluding hydrogens is 366 g/mol. The molecule has 0 aromatic heterocycles. The summed E-state index contributed by atoms with van der Waals surface area (Å²) in [5.41, 5.74) is 6.33. The topological polar surface area (TPSA) is 101 Å². The first-order chi connectivity index (χ1) is 12.7. The predicted octanol–water partition coefficient (Wildman–Crippen LogP) is 0.431. The number of likely N-dealkylation sites (tertiary alicyclic amines) is 2. The van der Waals surface area contributed by atoms with E-state index >= 15 is 0 Å². The van der Waals surface area contributed by atoms with Crippen LogP contribution in [0.15, 0.2) is 29.2 Å². The molecule has 2 N–H and O–H groups in total. The summed E-state index contributed by atoms with van der Waals surface area (Å²) in [6.07, 6.45) is 3.83. The van der Waals surface area contributed by atoms with Crippen LogP contribution in [0.4, 0.5) is 0 Å². The van der Waals surface area contributed by atoms with Gasteiger partial charge in [-0.05, 0) is 50.0 Å². The number of nitrogens with two attached hydrogens (primary N) is 1.